The van der Waals surface area contributed by atoms with Crippen LogP contribution in [0.2, 0.25) is 0 Å². The van der Waals surface area contributed by atoms with Gasteiger partial charge in [-0.15, -0.1) is 0 Å². The van der Waals surface area contributed by atoms with Gasteiger partial charge in [0.05, 0.1) is 5.41 Å². The van der Waals surface area contributed by atoms with Crippen molar-refractivity contribution in [1.82, 2.24) is 4.90 Å². The first kappa shape index (κ1) is 13.5. The lowest BCUT2D eigenvalue weighted by Gasteiger charge is -2.38. The molecule has 1 aliphatic heterocycles. The highest BCUT2D eigenvalue weighted by Crippen LogP contribution is 2.35. The van der Waals surface area contributed by atoms with E-state index in [1.54, 1.807) is 0 Å². The first-order chi connectivity index (χ1) is 7.50. The third kappa shape index (κ3) is 3.21. The standard InChI is InChI=1S/C13H25NO2/c1-4-13(12(15)16)6-9-14(10-7-13)8-5-11(2)3/h11H,4-10H2,1-3H3,(H,15,16). The fourth-order valence-corrected chi connectivity index (χ4v) is 2.36. The second kappa shape index (κ2) is 5.67. The van der Waals surface area contributed by atoms with Crippen LogP contribution >= 0.6 is 0 Å². The summed E-state index contributed by atoms with van der Waals surface area (Å²) in [5, 5.41) is 9.27. The van der Waals surface area contributed by atoms with Gasteiger partial charge in [-0.1, -0.05) is 20.8 Å². The van der Waals surface area contributed by atoms with Gasteiger partial charge in [-0.3, -0.25) is 4.79 Å². The molecule has 3 nitrogen and oxygen atoms in total. The largest absolute Gasteiger partial charge is 0.481 e. The Morgan fingerprint density at radius 2 is 1.94 bits per heavy atom. The van der Waals surface area contributed by atoms with Crippen LogP contribution < -0.4 is 0 Å². The molecule has 0 aromatic rings. The lowest BCUT2D eigenvalue weighted by Crippen LogP contribution is -2.44. The molecule has 0 aromatic heterocycles. The number of carboxylic acids is 1. The summed E-state index contributed by atoms with van der Waals surface area (Å²) in [4.78, 5) is 13.7. The molecule has 0 atom stereocenters. The highest BCUT2D eigenvalue weighted by atomic mass is 16.4. The number of likely N-dealkylation sites (tertiary alicyclic amines) is 1. The third-order valence-corrected chi connectivity index (χ3v) is 3.97. The zero-order valence-corrected chi connectivity index (χ0v) is 10.8. The van der Waals surface area contributed by atoms with Gasteiger partial charge in [0.2, 0.25) is 0 Å². The van der Waals surface area contributed by atoms with Crippen LogP contribution in [-0.4, -0.2) is 35.6 Å². The predicted octanol–water partition coefficient (Wildman–Crippen LogP) is 2.61. The van der Waals surface area contributed by atoms with Gasteiger partial charge in [-0.05, 0) is 51.2 Å². The van der Waals surface area contributed by atoms with Gasteiger partial charge >= 0.3 is 5.97 Å². The summed E-state index contributed by atoms with van der Waals surface area (Å²) in [6.45, 7) is 9.49. The second-order valence-electron chi connectivity index (χ2n) is 5.46. The van der Waals surface area contributed by atoms with Crippen LogP contribution in [0.3, 0.4) is 0 Å². The van der Waals surface area contributed by atoms with Crippen LogP contribution in [0, 0.1) is 11.3 Å². The van der Waals surface area contributed by atoms with E-state index in [0.717, 1.165) is 44.8 Å². The molecule has 94 valence electrons. The highest BCUT2D eigenvalue weighted by molar-refractivity contribution is 5.74. The Morgan fingerprint density at radius 3 is 2.31 bits per heavy atom. The zero-order chi connectivity index (χ0) is 12.2. The molecule has 0 amide bonds. The fraction of sp³-hybridized carbons (Fsp3) is 0.923. The highest BCUT2D eigenvalue weighted by Gasteiger charge is 2.39. The summed E-state index contributed by atoms with van der Waals surface area (Å²) < 4.78 is 0. The number of piperidine rings is 1. The van der Waals surface area contributed by atoms with E-state index in [-0.39, 0.29) is 0 Å². The van der Waals surface area contributed by atoms with Crippen molar-refractivity contribution in [3.8, 4) is 0 Å². The normalized spacial score (nSPS) is 21.2. The number of aliphatic carboxylic acids is 1. The van der Waals surface area contributed by atoms with Crippen LogP contribution in [0.25, 0.3) is 0 Å². The van der Waals surface area contributed by atoms with Crippen molar-refractivity contribution >= 4 is 5.97 Å². The molecule has 0 unspecified atom stereocenters. The average molecular weight is 227 g/mol. The molecule has 1 saturated heterocycles. The average Bonchev–Trinajstić information content (AvgIpc) is 2.26. The topological polar surface area (TPSA) is 40.5 Å². The zero-order valence-electron chi connectivity index (χ0n) is 10.8. The monoisotopic (exact) mass is 227 g/mol. The van der Waals surface area contributed by atoms with Crippen molar-refractivity contribution in [2.45, 2.75) is 46.5 Å². The van der Waals surface area contributed by atoms with Gasteiger partial charge in [-0.25, -0.2) is 0 Å². The SMILES string of the molecule is CCC1(C(=O)O)CCN(CCC(C)C)CC1. The van der Waals surface area contributed by atoms with E-state index >= 15 is 0 Å². The summed E-state index contributed by atoms with van der Waals surface area (Å²) in [5.41, 5.74) is -0.436. The molecular weight excluding hydrogens is 202 g/mol. The Balaban J connectivity index is 2.40. The number of hydrogen-bond donors (Lipinski definition) is 1. The maximum atomic E-state index is 11.3. The molecule has 0 radical (unpaired) electrons. The van der Waals surface area contributed by atoms with E-state index < -0.39 is 11.4 Å². The van der Waals surface area contributed by atoms with Gasteiger partial charge in [-0.2, -0.15) is 0 Å². The molecule has 0 spiro atoms. The maximum Gasteiger partial charge on any atom is 0.309 e. The lowest BCUT2D eigenvalue weighted by atomic mass is 9.76. The Morgan fingerprint density at radius 1 is 1.38 bits per heavy atom. The van der Waals surface area contributed by atoms with Crippen molar-refractivity contribution in [1.29, 1.82) is 0 Å². The molecule has 0 saturated carbocycles. The summed E-state index contributed by atoms with van der Waals surface area (Å²) >= 11 is 0. The number of rotatable bonds is 5. The molecule has 1 N–H and O–H groups in total. The Labute approximate surface area is 98.8 Å². The summed E-state index contributed by atoms with van der Waals surface area (Å²) in [5.74, 6) is 0.135. The molecule has 0 aliphatic carbocycles. The van der Waals surface area contributed by atoms with E-state index in [1.165, 1.54) is 6.42 Å². The quantitative estimate of drug-likeness (QED) is 0.785. The molecule has 1 rings (SSSR count). The molecule has 16 heavy (non-hydrogen) atoms. The molecule has 0 bridgehead atoms. The molecular formula is C13H25NO2. The van der Waals surface area contributed by atoms with Gasteiger partial charge < -0.3 is 10.0 Å². The summed E-state index contributed by atoms with van der Waals surface area (Å²) in [6.07, 6.45) is 3.61. The van der Waals surface area contributed by atoms with E-state index in [0.29, 0.717) is 0 Å². The van der Waals surface area contributed by atoms with Crippen LogP contribution in [0.5, 0.6) is 0 Å². The van der Waals surface area contributed by atoms with Crippen molar-refractivity contribution in [3.63, 3.8) is 0 Å². The minimum atomic E-state index is -0.599. The molecule has 1 heterocycles. The minimum absolute atomic E-state index is 0.436. The van der Waals surface area contributed by atoms with E-state index in [2.05, 4.69) is 18.7 Å². The Hall–Kier alpha value is -0.570. The van der Waals surface area contributed by atoms with E-state index in [9.17, 15) is 9.90 Å². The molecule has 1 aliphatic rings. The third-order valence-electron chi connectivity index (χ3n) is 3.97. The van der Waals surface area contributed by atoms with Crippen molar-refractivity contribution < 1.29 is 9.90 Å². The van der Waals surface area contributed by atoms with Gasteiger partial charge in [0, 0.05) is 0 Å². The maximum absolute atomic E-state index is 11.3. The van der Waals surface area contributed by atoms with Crippen LogP contribution in [0.1, 0.15) is 46.5 Å². The number of nitrogens with zero attached hydrogens (tertiary/aromatic N) is 1. The predicted molar refractivity (Wildman–Crippen MR) is 65.5 cm³/mol. The van der Waals surface area contributed by atoms with Crippen molar-refractivity contribution in [2.24, 2.45) is 11.3 Å². The van der Waals surface area contributed by atoms with Crippen molar-refractivity contribution in [2.75, 3.05) is 19.6 Å². The van der Waals surface area contributed by atoms with E-state index in [4.69, 9.17) is 0 Å². The van der Waals surface area contributed by atoms with Gasteiger partial charge in [0.25, 0.3) is 0 Å². The first-order valence-electron chi connectivity index (χ1n) is 6.46. The van der Waals surface area contributed by atoms with E-state index in [1.807, 2.05) is 6.92 Å². The van der Waals surface area contributed by atoms with Crippen LogP contribution in [0.4, 0.5) is 0 Å². The lowest BCUT2D eigenvalue weighted by molar-refractivity contribution is -0.152. The molecule has 0 aromatic carbocycles. The fourth-order valence-electron chi connectivity index (χ4n) is 2.36. The van der Waals surface area contributed by atoms with Crippen LogP contribution in [-0.2, 0) is 4.79 Å². The van der Waals surface area contributed by atoms with Crippen LogP contribution in [0.15, 0.2) is 0 Å². The van der Waals surface area contributed by atoms with Gasteiger partial charge in [0.1, 0.15) is 0 Å². The number of carbonyl (C=O) groups is 1. The number of hydrogen-bond acceptors (Lipinski definition) is 2. The first-order valence-corrected chi connectivity index (χ1v) is 6.46. The summed E-state index contributed by atoms with van der Waals surface area (Å²) in [6, 6.07) is 0. The smallest absolute Gasteiger partial charge is 0.309 e. The Kier molecular flexibility index (Phi) is 4.78. The molecule has 1 fully saturated rings. The number of carboxylic acid groups (broad SMARTS) is 1. The second-order valence-corrected chi connectivity index (χ2v) is 5.46. The Bertz CT molecular complexity index is 230. The minimum Gasteiger partial charge on any atom is -0.481 e. The van der Waals surface area contributed by atoms with Gasteiger partial charge in [0.15, 0.2) is 0 Å². The van der Waals surface area contributed by atoms with Crippen molar-refractivity contribution in [3.05, 3.63) is 0 Å². The summed E-state index contributed by atoms with van der Waals surface area (Å²) in [7, 11) is 0. The molecule has 3 heteroatoms.